The Labute approximate surface area is 179 Å². The van der Waals surface area contributed by atoms with Crippen molar-refractivity contribution in [2.45, 2.75) is 6.92 Å². The summed E-state index contributed by atoms with van der Waals surface area (Å²) >= 11 is 0. The minimum absolute atomic E-state index is 0.0241. The van der Waals surface area contributed by atoms with Gasteiger partial charge in [0.2, 0.25) is 5.88 Å². The number of pyridine rings is 2. The second kappa shape index (κ2) is 7.53. The summed E-state index contributed by atoms with van der Waals surface area (Å²) in [6.07, 6.45) is 0. The maximum atomic E-state index is 14.4. The monoisotopic (exact) mass is 432 g/mol. The van der Waals surface area contributed by atoms with Crippen LogP contribution in [0.3, 0.4) is 0 Å². The number of hydrogen-bond donors (Lipinski definition) is 1. The van der Waals surface area contributed by atoms with Crippen LogP contribution in [-0.2, 0) is 0 Å². The molecule has 0 saturated carbocycles. The first-order valence-corrected chi connectivity index (χ1v) is 9.76. The van der Waals surface area contributed by atoms with E-state index in [1.807, 2.05) is 12.1 Å². The molecule has 5 aromatic rings. The molecule has 32 heavy (non-hydrogen) atoms. The van der Waals surface area contributed by atoms with Gasteiger partial charge in [0.25, 0.3) is 0 Å². The van der Waals surface area contributed by atoms with Crippen LogP contribution in [0.4, 0.5) is 13.2 Å². The number of H-pyrrole nitrogens is 1. The summed E-state index contributed by atoms with van der Waals surface area (Å²) in [5, 5.41) is 0.966. The summed E-state index contributed by atoms with van der Waals surface area (Å²) in [5.41, 5.74) is 0.899. The molecular weight excluding hydrogens is 417 g/mol. The second-order valence-corrected chi connectivity index (χ2v) is 7.33. The van der Waals surface area contributed by atoms with Crippen molar-refractivity contribution in [1.29, 1.82) is 0 Å². The summed E-state index contributed by atoms with van der Waals surface area (Å²) in [7, 11) is 0. The topological polar surface area (TPSA) is 55.0 Å². The Morgan fingerprint density at radius 3 is 2.56 bits per heavy atom. The molecule has 0 aliphatic rings. The van der Waals surface area contributed by atoms with E-state index in [1.54, 1.807) is 18.2 Å². The van der Waals surface area contributed by atoms with Crippen LogP contribution in [0.2, 0.25) is 0 Å². The van der Waals surface area contributed by atoms with Gasteiger partial charge in [-0.25, -0.2) is 18.2 Å². The van der Waals surface area contributed by atoms with Gasteiger partial charge in [0.1, 0.15) is 11.6 Å². The largest absolute Gasteiger partial charge is 0.438 e. The zero-order chi connectivity index (χ0) is 22.4. The van der Waals surface area contributed by atoms with E-state index in [9.17, 15) is 18.0 Å². The van der Waals surface area contributed by atoms with Gasteiger partial charge in [0.05, 0.1) is 22.3 Å². The van der Waals surface area contributed by atoms with Crippen molar-refractivity contribution in [3.8, 4) is 22.9 Å². The fourth-order valence-electron chi connectivity index (χ4n) is 3.60. The van der Waals surface area contributed by atoms with Gasteiger partial charge in [-0.15, -0.1) is 0 Å². The van der Waals surface area contributed by atoms with Crippen molar-refractivity contribution in [2.75, 3.05) is 0 Å². The van der Waals surface area contributed by atoms with E-state index in [2.05, 4.69) is 9.97 Å². The van der Waals surface area contributed by atoms with Gasteiger partial charge in [-0.3, -0.25) is 4.79 Å². The van der Waals surface area contributed by atoms with E-state index >= 15 is 0 Å². The molecule has 1 N–H and O–H groups in total. The number of ether oxygens (including phenoxy) is 1. The zero-order valence-corrected chi connectivity index (χ0v) is 16.7. The Hall–Kier alpha value is -4.13. The van der Waals surface area contributed by atoms with E-state index < -0.39 is 17.5 Å². The molecule has 0 fully saturated rings. The van der Waals surface area contributed by atoms with Crippen molar-refractivity contribution in [2.24, 2.45) is 0 Å². The average Bonchev–Trinajstić information content (AvgIpc) is 2.79. The first-order valence-electron chi connectivity index (χ1n) is 9.76. The molecule has 0 atom stereocenters. The number of para-hydroxylation sites is 2. The molecular formula is C25H15F3N2O2. The molecule has 0 aliphatic heterocycles. The molecule has 3 aromatic carbocycles. The molecule has 158 valence electrons. The maximum absolute atomic E-state index is 14.4. The number of benzene rings is 3. The lowest BCUT2D eigenvalue weighted by atomic mass is 10.1. The molecule has 0 unspecified atom stereocenters. The Bertz CT molecular complexity index is 1580. The molecule has 0 spiro atoms. The molecule has 0 saturated heterocycles. The van der Waals surface area contributed by atoms with Gasteiger partial charge in [-0.2, -0.15) is 0 Å². The van der Waals surface area contributed by atoms with Gasteiger partial charge in [-0.05, 0) is 43.3 Å². The summed E-state index contributed by atoms with van der Waals surface area (Å²) in [4.78, 5) is 20.1. The van der Waals surface area contributed by atoms with Gasteiger partial charge in [0.15, 0.2) is 17.1 Å². The first kappa shape index (κ1) is 19.8. The predicted octanol–water partition coefficient (Wildman–Crippen LogP) is 6.26. The lowest BCUT2D eigenvalue weighted by molar-refractivity contribution is 0.444. The highest BCUT2D eigenvalue weighted by atomic mass is 19.2. The summed E-state index contributed by atoms with van der Waals surface area (Å²) in [6.45, 7) is 1.39. The minimum atomic E-state index is -1.02. The summed E-state index contributed by atoms with van der Waals surface area (Å²) < 4.78 is 47.9. The Balaban J connectivity index is 1.76. The Kier molecular flexibility index (Phi) is 4.66. The molecule has 7 heteroatoms. The lowest BCUT2D eigenvalue weighted by Gasteiger charge is -2.14. The zero-order valence-electron chi connectivity index (χ0n) is 16.7. The highest BCUT2D eigenvalue weighted by molar-refractivity contribution is 5.88. The number of hydrogen-bond acceptors (Lipinski definition) is 3. The van der Waals surface area contributed by atoms with Gasteiger partial charge in [0, 0.05) is 22.4 Å². The molecule has 4 nitrogen and oxygen atoms in total. The van der Waals surface area contributed by atoms with Crippen molar-refractivity contribution in [1.82, 2.24) is 9.97 Å². The third kappa shape index (κ3) is 3.28. The second-order valence-electron chi connectivity index (χ2n) is 7.33. The predicted molar refractivity (Wildman–Crippen MR) is 116 cm³/mol. The van der Waals surface area contributed by atoms with E-state index in [0.29, 0.717) is 11.1 Å². The van der Waals surface area contributed by atoms with Crippen molar-refractivity contribution in [3.63, 3.8) is 0 Å². The number of halogens is 3. The van der Waals surface area contributed by atoms with E-state index in [-0.39, 0.29) is 39.2 Å². The fraction of sp³-hybridized carbons (Fsp3) is 0.0400. The Morgan fingerprint density at radius 1 is 0.906 bits per heavy atom. The van der Waals surface area contributed by atoms with Crippen molar-refractivity contribution in [3.05, 3.63) is 100.0 Å². The van der Waals surface area contributed by atoms with E-state index in [4.69, 9.17) is 4.74 Å². The number of rotatable bonds is 3. The lowest BCUT2D eigenvalue weighted by Crippen LogP contribution is -2.05. The minimum Gasteiger partial charge on any atom is -0.438 e. The smallest absolute Gasteiger partial charge is 0.229 e. The molecule has 0 bridgehead atoms. The van der Waals surface area contributed by atoms with Gasteiger partial charge >= 0.3 is 0 Å². The molecule has 2 heterocycles. The van der Waals surface area contributed by atoms with Crippen molar-refractivity contribution >= 4 is 21.8 Å². The van der Waals surface area contributed by atoms with Crippen LogP contribution >= 0.6 is 0 Å². The van der Waals surface area contributed by atoms with Crippen LogP contribution in [0.5, 0.6) is 11.6 Å². The molecule has 5 rings (SSSR count). The van der Waals surface area contributed by atoms with Gasteiger partial charge < -0.3 is 9.72 Å². The molecule has 0 radical (unpaired) electrons. The maximum Gasteiger partial charge on any atom is 0.229 e. The van der Waals surface area contributed by atoms with E-state index in [1.165, 1.54) is 37.3 Å². The highest BCUT2D eigenvalue weighted by Crippen LogP contribution is 2.35. The van der Waals surface area contributed by atoms with Crippen LogP contribution in [0.25, 0.3) is 33.1 Å². The summed E-state index contributed by atoms with van der Waals surface area (Å²) in [6, 6.07) is 16.8. The van der Waals surface area contributed by atoms with Gasteiger partial charge in [-0.1, -0.05) is 24.3 Å². The number of aromatic amines is 1. The van der Waals surface area contributed by atoms with Crippen LogP contribution < -0.4 is 10.2 Å². The average molecular weight is 432 g/mol. The van der Waals surface area contributed by atoms with E-state index in [0.717, 1.165) is 11.5 Å². The normalized spacial score (nSPS) is 11.2. The molecule has 2 aromatic heterocycles. The SMILES string of the molecule is Cc1c(Oc2nc3ccccc3cc2-c2cc(=O)c3cccc(F)c3[nH]2)ccc(F)c1F. The quantitative estimate of drug-likeness (QED) is 0.366. The highest BCUT2D eigenvalue weighted by Gasteiger charge is 2.18. The number of fused-ring (bicyclic) bond motifs is 2. The van der Waals surface area contributed by atoms with Crippen LogP contribution in [-0.4, -0.2) is 9.97 Å². The Morgan fingerprint density at radius 2 is 1.72 bits per heavy atom. The van der Waals surface area contributed by atoms with Crippen molar-refractivity contribution < 1.29 is 17.9 Å². The first-order chi connectivity index (χ1) is 15.4. The molecule has 0 amide bonds. The third-order valence-corrected chi connectivity index (χ3v) is 5.29. The van der Waals surface area contributed by atoms with Crippen LogP contribution in [0, 0.1) is 24.4 Å². The summed E-state index contributed by atoms with van der Waals surface area (Å²) in [5.74, 6) is -2.46. The number of nitrogens with zero attached hydrogens (tertiary/aromatic N) is 1. The third-order valence-electron chi connectivity index (χ3n) is 5.29. The van der Waals surface area contributed by atoms with Crippen LogP contribution in [0.15, 0.2) is 71.5 Å². The van der Waals surface area contributed by atoms with Crippen LogP contribution in [0.1, 0.15) is 5.56 Å². The number of aromatic nitrogens is 2. The molecule has 0 aliphatic carbocycles. The fourth-order valence-corrected chi connectivity index (χ4v) is 3.60. The number of nitrogens with one attached hydrogen (secondary N) is 1. The standard InChI is InChI=1S/C25H15F3N2O2/c1-13-22(10-9-17(26)23(13)28)32-25-16(11-14-5-2-3-8-19(14)30-25)20-12-21(31)15-6-4-7-18(27)24(15)29-20/h2-12H,1H3,(H,29,31).